The summed E-state index contributed by atoms with van der Waals surface area (Å²) in [4.78, 5) is 10.8. The first-order valence-corrected chi connectivity index (χ1v) is 8.52. The lowest BCUT2D eigenvalue weighted by molar-refractivity contribution is -0.139. The molecule has 0 aromatic heterocycles. The van der Waals surface area contributed by atoms with Crippen LogP contribution in [0.25, 0.3) is 11.6 Å². The van der Waals surface area contributed by atoms with E-state index in [1.165, 1.54) is 0 Å². The van der Waals surface area contributed by atoms with Gasteiger partial charge in [0.05, 0.1) is 16.1 Å². The maximum absolute atomic E-state index is 10.8. The number of ether oxygens (including phenoxy) is 1. The summed E-state index contributed by atoms with van der Waals surface area (Å²) in [6.45, 7) is 1.51. The summed E-state index contributed by atoms with van der Waals surface area (Å²) in [5.74, 6) is -0.695. The van der Waals surface area contributed by atoms with E-state index in [0.29, 0.717) is 21.4 Å². The van der Waals surface area contributed by atoms with E-state index in [4.69, 9.17) is 9.84 Å². The molecule has 2 aromatic rings. The van der Waals surface area contributed by atoms with Gasteiger partial charge in [-0.15, -0.1) is 0 Å². The highest BCUT2D eigenvalue weighted by Crippen LogP contribution is 2.35. The molecule has 0 aliphatic rings. The predicted molar refractivity (Wildman–Crippen MR) is 99.6 cm³/mol. The molecule has 0 saturated carbocycles. The monoisotopic (exact) mass is 449 g/mol. The van der Waals surface area contributed by atoms with Gasteiger partial charge in [-0.25, -0.2) is 4.79 Å². The fraction of sp³-hybridized carbons (Fsp3) is 0.111. The second-order valence-corrected chi connectivity index (χ2v) is 6.79. The Balaban J connectivity index is 2.50. The normalized spacial score (nSPS) is 11.0. The molecule has 0 heterocycles. The van der Waals surface area contributed by atoms with E-state index in [1.807, 2.05) is 31.2 Å². The zero-order chi connectivity index (χ0) is 17.7. The van der Waals surface area contributed by atoms with E-state index in [1.54, 1.807) is 18.2 Å². The Morgan fingerprint density at radius 3 is 2.54 bits per heavy atom. The number of nitriles is 1. The predicted octanol–water partition coefficient (Wildman–Crippen LogP) is 5.05. The molecule has 0 atom stereocenters. The molecular formula is C18H13Br2NO3. The van der Waals surface area contributed by atoms with Crippen molar-refractivity contribution in [3.63, 3.8) is 0 Å². The van der Waals surface area contributed by atoms with E-state index in [0.717, 1.165) is 15.6 Å². The van der Waals surface area contributed by atoms with Crippen LogP contribution in [0.4, 0.5) is 0 Å². The maximum atomic E-state index is 10.8. The number of aryl methyl sites for hydroxylation is 1. The molecule has 0 fully saturated rings. The van der Waals surface area contributed by atoms with Crippen LogP contribution in [-0.2, 0) is 4.79 Å². The molecule has 4 nitrogen and oxygen atoms in total. The van der Waals surface area contributed by atoms with Crippen LogP contribution in [0.15, 0.2) is 45.3 Å². The number of carboxylic acids is 1. The maximum Gasteiger partial charge on any atom is 0.341 e. The van der Waals surface area contributed by atoms with Crippen LogP contribution in [0.1, 0.15) is 16.7 Å². The van der Waals surface area contributed by atoms with Gasteiger partial charge in [-0.2, -0.15) is 5.26 Å². The molecule has 0 amide bonds. The van der Waals surface area contributed by atoms with Crippen molar-refractivity contribution in [2.75, 3.05) is 6.61 Å². The zero-order valence-electron chi connectivity index (χ0n) is 12.7. The van der Waals surface area contributed by atoms with E-state index in [-0.39, 0.29) is 0 Å². The van der Waals surface area contributed by atoms with E-state index >= 15 is 0 Å². The van der Waals surface area contributed by atoms with Crippen LogP contribution >= 0.6 is 31.9 Å². The average molecular weight is 451 g/mol. The molecule has 0 radical (unpaired) electrons. The fourth-order valence-electron chi connectivity index (χ4n) is 2.04. The Hall–Kier alpha value is -2.10. The first-order chi connectivity index (χ1) is 11.4. The van der Waals surface area contributed by atoms with Gasteiger partial charge in [0.25, 0.3) is 0 Å². The van der Waals surface area contributed by atoms with Crippen LogP contribution in [0.2, 0.25) is 0 Å². The van der Waals surface area contributed by atoms with Gasteiger partial charge >= 0.3 is 5.97 Å². The Labute approximate surface area is 156 Å². The van der Waals surface area contributed by atoms with E-state index in [9.17, 15) is 10.1 Å². The van der Waals surface area contributed by atoms with Crippen molar-refractivity contribution in [1.29, 1.82) is 5.26 Å². The van der Waals surface area contributed by atoms with Gasteiger partial charge < -0.3 is 9.84 Å². The molecule has 122 valence electrons. The van der Waals surface area contributed by atoms with Gasteiger partial charge in [-0.3, -0.25) is 0 Å². The summed E-state index contributed by atoms with van der Waals surface area (Å²) in [7, 11) is 0. The quantitative estimate of drug-likeness (QED) is 0.511. The van der Waals surface area contributed by atoms with Crippen molar-refractivity contribution >= 4 is 49.5 Å². The third kappa shape index (κ3) is 4.70. The van der Waals surface area contributed by atoms with Gasteiger partial charge in [-0.1, -0.05) is 45.8 Å². The molecule has 0 saturated heterocycles. The minimum absolute atomic E-state index is 0.375. The van der Waals surface area contributed by atoms with E-state index in [2.05, 4.69) is 37.9 Å². The lowest BCUT2D eigenvalue weighted by Gasteiger charge is -2.11. The highest BCUT2D eigenvalue weighted by Gasteiger charge is 2.12. The molecule has 0 spiro atoms. The number of hydrogen-bond acceptors (Lipinski definition) is 3. The first-order valence-electron chi connectivity index (χ1n) is 6.93. The fourth-order valence-corrected chi connectivity index (χ4v) is 3.42. The van der Waals surface area contributed by atoms with Crippen LogP contribution in [0, 0.1) is 18.3 Å². The van der Waals surface area contributed by atoms with Gasteiger partial charge in [0.2, 0.25) is 0 Å². The number of hydrogen-bond donors (Lipinski definition) is 1. The van der Waals surface area contributed by atoms with Gasteiger partial charge in [-0.05, 0) is 46.6 Å². The number of carboxylic acid groups (broad SMARTS) is 1. The van der Waals surface area contributed by atoms with Gasteiger partial charge in [0, 0.05) is 10.0 Å². The van der Waals surface area contributed by atoms with Gasteiger partial charge in [0.15, 0.2) is 6.61 Å². The zero-order valence-corrected chi connectivity index (χ0v) is 15.9. The number of benzene rings is 2. The average Bonchev–Trinajstić information content (AvgIpc) is 2.52. The third-order valence-corrected chi connectivity index (χ3v) is 4.21. The summed E-state index contributed by atoms with van der Waals surface area (Å²) in [6, 6.07) is 13.3. The summed E-state index contributed by atoms with van der Waals surface area (Å²) in [6.07, 6.45) is 1.68. The second kappa shape index (κ2) is 8.13. The second-order valence-electron chi connectivity index (χ2n) is 5.02. The van der Waals surface area contributed by atoms with Crippen molar-refractivity contribution in [3.05, 3.63) is 62.0 Å². The highest BCUT2D eigenvalue weighted by molar-refractivity contribution is 9.11. The summed E-state index contributed by atoms with van der Waals surface area (Å²) in [5, 5.41) is 18.3. The lowest BCUT2D eigenvalue weighted by Crippen LogP contribution is -2.10. The standard InChI is InChI=1S/C18H13Br2NO3/c1-11-2-4-12(5-3-11)14(9-21)6-13-7-15(19)8-16(20)18(13)24-10-17(22)23/h2-8H,10H2,1H3,(H,22,23)/b14-6+. The Kier molecular flexibility index (Phi) is 6.18. The topological polar surface area (TPSA) is 70.3 Å². The third-order valence-electron chi connectivity index (χ3n) is 3.16. The molecule has 2 rings (SSSR count). The molecule has 0 aliphatic heterocycles. The molecule has 6 heteroatoms. The molecule has 0 bridgehead atoms. The van der Waals surface area contributed by atoms with Crippen molar-refractivity contribution in [1.82, 2.24) is 0 Å². The SMILES string of the molecule is Cc1ccc(/C(C#N)=C/c2cc(Br)cc(Br)c2OCC(=O)O)cc1. The first kappa shape index (κ1) is 18.2. The van der Waals surface area contributed by atoms with Crippen molar-refractivity contribution in [2.45, 2.75) is 6.92 Å². The number of halogens is 2. The number of aliphatic carboxylic acids is 1. The Morgan fingerprint density at radius 2 is 1.96 bits per heavy atom. The lowest BCUT2D eigenvalue weighted by atomic mass is 10.0. The summed E-state index contributed by atoms with van der Waals surface area (Å²) < 4.78 is 6.75. The largest absolute Gasteiger partial charge is 0.480 e. The molecule has 0 aliphatic carbocycles. The highest BCUT2D eigenvalue weighted by atomic mass is 79.9. The molecular weight excluding hydrogens is 438 g/mol. The summed E-state index contributed by atoms with van der Waals surface area (Å²) >= 11 is 6.76. The molecule has 1 N–H and O–H groups in total. The Bertz CT molecular complexity index is 837. The molecule has 24 heavy (non-hydrogen) atoms. The Morgan fingerprint density at radius 1 is 1.29 bits per heavy atom. The van der Waals surface area contributed by atoms with Crippen molar-refractivity contribution in [2.24, 2.45) is 0 Å². The van der Waals surface area contributed by atoms with Crippen molar-refractivity contribution in [3.8, 4) is 11.8 Å². The van der Waals surface area contributed by atoms with Crippen LogP contribution in [-0.4, -0.2) is 17.7 Å². The van der Waals surface area contributed by atoms with E-state index < -0.39 is 12.6 Å². The smallest absolute Gasteiger partial charge is 0.341 e. The van der Waals surface area contributed by atoms with Crippen LogP contribution in [0.3, 0.4) is 0 Å². The van der Waals surface area contributed by atoms with Crippen LogP contribution < -0.4 is 4.74 Å². The minimum Gasteiger partial charge on any atom is -0.480 e. The molecule has 2 aromatic carbocycles. The minimum atomic E-state index is -1.07. The number of nitrogens with zero attached hydrogens (tertiary/aromatic N) is 1. The van der Waals surface area contributed by atoms with Gasteiger partial charge in [0.1, 0.15) is 5.75 Å². The molecule has 0 unspecified atom stereocenters. The number of allylic oxidation sites excluding steroid dienone is 1. The van der Waals surface area contributed by atoms with Crippen LogP contribution in [0.5, 0.6) is 5.75 Å². The number of carbonyl (C=O) groups is 1. The van der Waals surface area contributed by atoms with Crippen molar-refractivity contribution < 1.29 is 14.6 Å². The number of rotatable bonds is 5. The summed E-state index contributed by atoms with van der Waals surface area (Å²) in [5.41, 5.74) is 2.95.